The predicted molar refractivity (Wildman–Crippen MR) is 112 cm³/mol. The molecule has 0 spiro atoms. The molecule has 0 aromatic heterocycles. The topological polar surface area (TPSA) is 84.3 Å². The third-order valence-corrected chi connectivity index (χ3v) is 3.97. The average Bonchev–Trinajstić information content (AvgIpc) is 2.72. The number of benzene rings is 2. The summed E-state index contributed by atoms with van der Waals surface area (Å²) in [6.45, 7) is 5.34. The van der Waals surface area contributed by atoms with Crippen LogP contribution in [0.15, 0.2) is 47.5 Å². The first-order chi connectivity index (χ1) is 13.6. The third-order valence-electron chi connectivity index (χ3n) is 3.97. The van der Waals surface area contributed by atoms with Gasteiger partial charge in [-0.25, -0.2) is 4.99 Å². The first-order valence-electron chi connectivity index (χ1n) is 9.29. The van der Waals surface area contributed by atoms with Crippen molar-refractivity contribution in [2.45, 2.75) is 20.0 Å². The number of aliphatic imine (C=N–C) groups is 1. The Morgan fingerprint density at radius 3 is 2.57 bits per heavy atom. The van der Waals surface area contributed by atoms with Gasteiger partial charge in [-0.1, -0.05) is 12.1 Å². The number of ether oxygens (including phenoxy) is 3. The van der Waals surface area contributed by atoms with E-state index in [0.29, 0.717) is 36.4 Å². The summed E-state index contributed by atoms with van der Waals surface area (Å²) in [4.78, 5) is 4.49. The Morgan fingerprint density at radius 2 is 1.89 bits per heavy atom. The highest BCUT2D eigenvalue weighted by Crippen LogP contribution is 2.30. The van der Waals surface area contributed by atoms with Crippen LogP contribution in [0.3, 0.4) is 0 Å². The summed E-state index contributed by atoms with van der Waals surface area (Å²) < 4.78 is 16.1. The first-order valence-corrected chi connectivity index (χ1v) is 9.29. The van der Waals surface area contributed by atoms with Gasteiger partial charge in [0.15, 0.2) is 17.5 Å². The largest absolute Gasteiger partial charge is 0.497 e. The molecule has 0 radical (unpaired) electrons. The zero-order valence-corrected chi connectivity index (χ0v) is 16.9. The minimum absolute atomic E-state index is 0.205. The van der Waals surface area contributed by atoms with Gasteiger partial charge in [-0.05, 0) is 43.7 Å². The van der Waals surface area contributed by atoms with Gasteiger partial charge in [0.2, 0.25) is 0 Å². The SMILES string of the molecule is CCNC(=NCC(O)c1cccc(OC)c1)Nc1ccc(OC)c(OCC)c1. The average molecular weight is 387 g/mol. The van der Waals surface area contributed by atoms with E-state index >= 15 is 0 Å². The molecule has 7 heteroatoms. The van der Waals surface area contributed by atoms with E-state index in [4.69, 9.17) is 14.2 Å². The normalized spacial score (nSPS) is 12.2. The molecule has 0 fully saturated rings. The van der Waals surface area contributed by atoms with E-state index in [9.17, 15) is 5.11 Å². The lowest BCUT2D eigenvalue weighted by molar-refractivity contribution is 0.187. The Kier molecular flexibility index (Phi) is 8.42. The first kappa shape index (κ1) is 21.4. The van der Waals surface area contributed by atoms with E-state index in [1.807, 2.05) is 50.2 Å². The molecule has 0 amide bonds. The number of rotatable bonds is 9. The summed E-state index contributed by atoms with van der Waals surface area (Å²) >= 11 is 0. The molecule has 0 aliphatic carbocycles. The molecular formula is C21H29N3O4. The number of hydrogen-bond acceptors (Lipinski definition) is 5. The molecule has 2 rings (SSSR count). The minimum atomic E-state index is -0.736. The molecular weight excluding hydrogens is 358 g/mol. The van der Waals surface area contributed by atoms with Crippen LogP contribution in [0.5, 0.6) is 17.2 Å². The fourth-order valence-corrected chi connectivity index (χ4v) is 2.60. The zero-order valence-electron chi connectivity index (χ0n) is 16.9. The van der Waals surface area contributed by atoms with Crippen molar-refractivity contribution in [3.8, 4) is 17.2 Å². The van der Waals surface area contributed by atoms with Gasteiger partial charge in [-0.3, -0.25) is 0 Å². The standard InChI is InChI=1S/C21H29N3O4/c1-5-22-21(23-14-18(25)15-8-7-9-17(12-15)26-3)24-16-10-11-19(27-4)20(13-16)28-6-2/h7-13,18,25H,5-6,14H2,1-4H3,(H2,22,23,24). The maximum Gasteiger partial charge on any atom is 0.195 e. The van der Waals surface area contributed by atoms with E-state index in [0.717, 1.165) is 11.3 Å². The van der Waals surface area contributed by atoms with Crippen molar-refractivity contribution in [3.05, 3.63) is 48.0 Å². The molecule has 3 N–H and O–H groups in total. The van der Waals surface area contributed by atoms with E-state index in [-0.39, 0.29) is 6.54 Å². The smallest absolute Gasteiger partial charge is 0.195 e. The zero-order chi connectivity index (χ0) is 20.4. The Balaban J connectivity index is 2.12. The van der Waals surface area contributed by atoms with Crippen LogP contribution in [0, 0.1) is 0 Å². The van der Waals surface area contributed by atoms with Gasteiger partial charge in [0, 0.05) is 18.3 Å². The summed E-state index contributed by atoms with van der Waals surface area (Å²) in [6.07, 6.45) is -0.736. The van der Waals surface area contributed by atoms with Gasteiger partial charge < -0.3 is 30.0 Å². The molecule has 7 nitrogen and oxygen atoms in total. The molecule has 152 valence electrons. The number of aliphatic hydroxyl groups is 1. The summed E-state index contributed by atoms with van der Waals surface area (Å²) in [5.74, 6) is 2.59. The molecule has 0 aliphatic rings. The number of guanidine groups is 1. The molecule has 1 unspecified atom stereocenters. The van der Waals surface area contributed by atoms with E-state index in [2.05, 4.69) is 15.6 Å². The second kappa shape index (κ2) is 11.0. The number of methoxy groups -OCH3 is 2. The van der Waals surface area contributed by atoms with E-state index < -0.39 is 6.10 Å². The molecule has 28 heavy (non-hydrogen) atoms. The number of nitrogens with zero attached hydrogens (tertiary/aromatic N) is 1. The lowest BCUT2D eigenvalue weighted by Crippen LogP contribution is -2.31. The van der Waals surface area contributed by atoms with Gasteiger partial charge in [0.25, 0.3) is 0 Å². The quantitative estimate of drug-likeness (QED) is 0.453. The maximum absolute atomic E-state index is 10.5. The summed E-state index contributed by atoms with van der Waals surface area (Å²) in [5.41, 5.74) is 1.56. The monoisotopic (exact) mass is 387 g/mol. The Labute approximate surface area is 166 Å². The summed E-state index contributed by atoms with van der Waals surface area (Å²) in [5, 5.41) is 16.8. The molecule has 1 atom stereocenters. The highest BCUT2D eigenvalue weighted by Gasteiger charge is 2.10. The molecule has 0 aliphatic heterocycles. The van der Waals surface area contributed by atoms with Crippen LogP contribution in [-0.4, -0.2) is 45.0 Å². The second-order valence-electron chi connectivity index (χ2n) is 5.94. The van der Waals surface area contributed by atoms with Crippen LogP contribution in [-0.2, 0) is 0 Å². The van der Waals surface area contributed by atoms with Crippen molar-refractivity contribution >= 4 is 11.6 Å². The number of anilines is 1. The van der Waals surface area contributed by atoms with Crippen molar-refractivity contribution in [2.24, 2.45) is 4.99 Å². The number of nitrogens with one attached hydrogen (secondary N) is 2. The van der Waals surface area contributed by atoms with Crippen LogP contribution in [0.1, 0.15) is 25.5 Å². The van der Waals surface area contributed by atoms with Crippen molar-refractivity contribution in [1.82, 2.24) is 5.32 Å². The minimum Gasteiger partial charge on any atom is -0.497 e. The summed E-state index contributed by atoms with van der Waals surface area (Å²) in [6, 6.07) is 12.9. The second-order valence-corrected chi connectivity index (χ2v) is 5.94. The van der Waals surface area contributed by atoms with Crippen molar-refractivity contribution in [3.63, 3.8) is 0 Å². The summed E-state index contributed by atoms with van der Waals surface area (Å²) in [7, 11) is 3.21. The van der Waals surface area contributed by atoms with Crippen molar-refractivity contribution in [1.29, 1.82) is 0 Å². The van der Waals surface area contributed by atoms with Crippen LogP contribution in [0.4, 0.5) is 5.69 Å². The fourth-order valence-electron chi connectivity index (χ4n) is 2.60. The number of hydrogen-bond donors (Lipinski definition) is 3. The lowest BCUT2D eigenvalue weighted by Gasteiger charge is -2.15. The Morgan fingerprint density at radius 1 is 1.07 bits per heavy atom. The molecule has 0 heterocycles. The van der Waals surface area contributed by atoms with E-state index in [1.54, 1.807) is 20.3 Å². The predicted octanol–water partition coefficient (Wildman–Crippen LogP) is 3.21. The molecule has 0 bridgehead atoms. The third kappa shape index (κ3) is 6.06. The van der Waals surface area contributed by atoms with Crippen molar-refractivity contribution in [2.75, 3.05) is 39.2 Å². The highest BCUT2D eigenvalue weighted by atomic mass is 16.5. The fraction of sp³-hybridized carbons (Fsp3) is 0.381. The van der Waals surface area contributed by atoms with Gasteiger partial charge in [0.1, 0.15) is 5.75 Å². The van der Waals surface area contributed by atoms with Crippen LogP contribution < -0.4 is 24.8 Å². The van der Waals surface area contributed by atoms with Crippen LogP contribution >= 0.6 is 0 Å². The Hall–Kier alpha value is -2.93. The number of aliphatic hydroxyl groups excluding tert-OH is 1. The Bertz CT molecular complexity index is 780. The molecule has 0 saturated carbocycles. The van der Waals surface area contributed by atoms with Gasteiger partial charge in [-0.15, -0.1) is 0 Å². The lowest BCUT2D eigenvalue weighted by atomic mass is 10.1. The van der Waals surface area contributed by atoms with Crippen LogP contribution in [0.25, 0.3) is 0 Å². The molecule has 0 saturated heterocycles. The van der Waals surface area contributed by atoms with Crippen molar-refractivity contribution < 1.29 is 19.3 Å². The van der Waals surface area contributed by atoms with Gasteiger partial charge in [0.05, 0.1) is 33.5 Å². The molecule has 2 aromatic carbocycles. The van der Waals surface area contributed by atoms with Gasteiger partial charge >= 0.3 is 0 Å². The molecule has 2 aromatic rings. The van der Waals surface area contributed by atoms with E-state index in [1.165, 1.54) is 0 Å². The highest BCUT2D eigenvalue weighted by molar-refractivity contribution is 5.93. The van der Waals surface area contributed by atoms with Crippen LogP contribution in [0.2, 0.25) is 0 Å². The maximum atomic E-state index is 10.5. The van der Waals surface area contributed by atoms with Gasteiger partial charge in [-0.2, -0.15) is 0 Å².